The van der Waals surface area contributed by atoms with E-state index in [4.69, 9.17) is 4.74 Å². The fourth-order valence-corrected chi connectivity index (χ4v) is 3.90. The fourth-order valence-electron chi connectivity index (χ4n) is 2.44. The summed E-state index contributed by atoms with van der Waals surface area (Å²) < 4.78 is 73.6. The first-order valence-corrected chi connectivity index (χ1v) is 8.97. The zero-order valence-corrected chi connectivity index (χ0v) is 15.1. The summed E-state index contributed by atoms with van der Waals surface area (Å²) in [7, 11) is -1.52. The van der Waals surface area contributed by atoms with E-state index in [0.29, 0.717) is 11.3 Å². The highest BCUT2D eigenvalue weighted by Gasteiger charge is 2.36. The van der Waals surface area contributed by atoms with Crippen LogP contribution in [0.1, 0.15) is 18.5 Å². The van der Waals surface area contributed by atoms with Crippen LogP contribution in [0.25, 0.3) is 0 Å². The molecule has 2 rings (SSSR count). The van der Waals surface area contributed by atoms with Crippen LogP contribution in [0.3, 0.4) is 0 Å². The Morgan fingerprint density at radius 3 is 2.12 bits per heavy atom. The van der Waals surface area contributed by atoms with Crippen molar-refractivity contribution in [1.29, 1.82) is 0 Å². The van der Waals surface area contributed by atoms with Gasteiger partial charge in [-0.15, -0.1) is 13.2 Å². The predicted octanol–water partition coefficient (Wildman–Crippen LogP) is 3.98. The minimum Gasteiger partial charge on any atom is -0.496 e. The SMILES string of the molecule is COc1ccccc1[C@@H](C)N(C)S(=O)(=O)c1ccccc1OC(F)(F)F. The first-order chi connectivity index (χ1) is 12.1. The van der Waals surface area contributed by atoms with Crippen LogP contribution in [-0.2, 0) is 10.0 Å². The Balaban J connectivity index is 2.44. The fraction of sp³-hybridized carbons (Fsp3) is 0.294. The maximum absolute atomic E-state index is 12.9. The zero-order chi connectivity index (χ0) is 19.5. The zero-order valence-electron chi connectivity index (χ0n) is 14.3. The number of halogens is 3. The number of hydrogen-bond donors (Lipinski definition) is 0. The van der Waals surface area contributed by atoms with Crippen LogP contribution in [0.2, 0.25) is 0 Å². The van der Waals surface area contributed by atoms with Crippen LogP contribution < -0.4 is 9.47 Å². The number of hydrogen-bond acceptors (Lipinski definition) is 4. The van der Waals surface area contributed by atoms with Gasteiger partial charge in [0, 0.05) is 12.6 Å². The van der Waals surface area contributed by atoms with Crippen molar-refractivity contribution in [3.8, 4) is 11.5 Å². The van der Waals surface area contributed by atoms with E-state index in [2.05, 4.69) is 4.74 Å². The van der Waals surface area contributed by atoms with Gasteiger partial charge in [0.1, 0.15) is 16.4 Å². The molecule has 0 aromatic heterocycles. The van der Waals surface area contributed by atoms with E-state index in [-0.39, 0.29) is 0 Å². The molecule has 0 N–H and O–H groups in total. The third kappa shape index (κ3) is 4.28. The third-order valence-electron chi connectivity index (χ3n) is 3.87. The second kappa shape index (κ2) is 7.55. The highest BCUT2D eigenvalue weighted by atomic mass is 32.2. The number of benzene rings is 2. The van der Waals surface area contributed by atoms with Crippen LogP contribution in [-0.4, -0.2) is 33.2 Å². The minimum absolute atomic E-state index is 0.474. The van der Waals surface area contributed by atoms with Crippen LogP contribution in [0.5, 0.6) is 11.5 Å². The average Bonchev–Trinajstić information content (AvgIpc) is 2.59. The molecule has 142 valence electrons. The molecule has 0 spiro atoms. The summed E-state index contributed by atoms with van der Waals surface area (Å²) in [5.74, 6) is -0.305. The van der Waals surface area contributed by atoms with Crippen molar-refractivity contribution in [1.82, 2.24) is 4.31 Å². The molecule has 0 unspecified atom stereocenters. The first kappa shape index (κ1) is 20.1. The number of ether oxygens (including phenoxy) is 2. The molecule has 0 saturated carbocycles. The second-order valence-electron chi connectivity index (χ2n) is 5.43. The van der Waals surface area contributed by atoms with Gasteiger partial charge in [0.25, 0.3) is 0 Å². The van der Waals surface area contributed by atoms with Crippen molar-refractivity contribution < 1.29 is 31.1 Å². The van der Waals surface area contributed by atoms with Gasteiger partial charge in [0.2, 0.25) is 10.0 Å². The largest absolute Gasteiger partial charge is 0.573 e. The molecule has 9 heteroatoms. The Bertz CT molecular complexity index is 868. The van der Waals surface area contributed by atoms with Gasteiger partial charge < -0.3 is 9.47 Å². The molecule has 0 aliphatic carbocycles. The molecule has 5 nitrogen and oxygen atoms in total. The highest BCUT2D eigenvalue weighted by Crippen LogP contribution is 2.35. The third-order valence-corrected chi connectivity index (χ3v) is 5.83. The van der Waals surface area contributed by atoms with E-state index >= 15 is 0 Å². The van der Waals surface area contributed by atoms with Gasteiger partial charge in [0.05, 0.1) is 13.2 Å². The van der Waals surface area contributed by atoms with Crippen LogP contribution >= 0.6 is 0 Å². The van der Waals surface area contributed by atoms with E-state index in [9.17, 15) is 21.6 Å². The molecule has 0 aliphatic rings. The summed E-state index contributed by atoms with van der Waals surface area (Å²) in [5.41, 5.74) is 0.579. The molecule has 0 heterocycles. The van der Waals surface area contributed by atoms with E-state index in [1.165, 1.54) is 26.3 Å². The van der Waals surface area contributed by atoms with Gasteiger partial charge >= 0.3 is 6.36 Å². The Hall–Kier alpha value is -2.26. The lowest BCUT2D eigenvalue weighted by atomic mass is 10.1. The van der Waals surface area contributed by atoms with Crippen molar-refractivity contribution in [3.05, 3.63) is 54.1 Å². The molecule has 0 radical (unpaired) electrons. The molecule has 26 heavy (non-hydrogen) atoms. The van der Waals surface area contributed by atoms with E-state index in [0.717, 1.165) is 16.4 Å². The van der Waals surface area contributed by atoms with Gasteiger partial charge in [-0.25, -0.2) is 8.42 Å². The van der Waals surface area contributed by atoms with Gasteiger partial charge in [-0.1, -0.05) is 30.3 Å². The van der Waals surface area contributed by atoms with Crippen molar-refractivity contribution >= 4 is 10.0 Å². The smallest absolute Gasteiger partial charge is 0.496 e. The van der Waals surface area contributed by atoms with Gasteiger partial charge in [0.15, 0.2) is 0 Å². The molecular formula is C17H18F3NO4S. The molecule has 0 bridgehead atoms. The quantitative estimate of drug-likeness (QED) is 0.750. The van der Waals surface area contributed by atoms with Crippen molar-refractivity contribution in [2.24, 2.45) is 0 Å². The molecule has 0 fully saturated rings. The van der Waals surface area contributed by atoms with Gasteiger partial charge in [-0.2, -0.15) is 4.31 Å². The minimum atomic E-state index is -5.00. The normalized spacial score (nSPS) is 13.5. The van der Waals surface area contributed by atoms with Gasteiger partial charge in [-0.05, 0) is 25.1 Å². The number of sulfonamides is 1. The topological polar surface area (TPSA) is 55.8 Å². The summed E-state index contributed by atoms with van der Waals surface area (Å²) in [4.78, 5) is -0.568. The Kier molecular flexibility index (Phi) is 5.82. The molecule has 1 atom stereocenters. The first-order valence-electron chi connectivity index (χ1n) is 7.53. The Morgan fingerprint density at radius 2 is 1.54 bits per heavy atom. The van der Waals surface area contributed by atoms with E-state index in [1.807, 2.05) is 0 Å². The molecule has 0 amide bonds. The lowest BCUT2D eigenvalue weighted by molar-refractivity contribution is -0.275. The summed E-state index contributed by atoms with van der Waals surface area (Å²) in [6, 6.07) is 10.8. The summed E-state index contributed by atoms with van der Waals surface area (Å²) in [5, 5.41) is 0. The Morgan fingerprint density at radius 1 is 1.00 bits per heavy atom. The molecule has 2 aromatic rings. The number of para-hydroxylation sites is 2. The van der Waals surface area contributed by atoms with Gasteiger partial charge in [-0.3, -0.25) is 0 Å². The standard InChI is InChI=1S/C17H18F3NO4S/c1-12(13-8-4-5-9-14(13)24-3)21(2)26(22,23)16-11-7-6-10-15(16)25-17(18,19)20/h4-12H,1-3H3/t12-/m1/s1. The van der Waals surface area contributed by atoms with Crippen LogP contribution in [0.4, 0.5) is 13.2 Å². The molecular weight excluding hydrogens is 371 g/mol. The van der Waals surface area contributed by atoms with Crippen LogP contribution in [0.15, 0.2) is 53.4 Å². The molecule has 2 aromatic carbocycles. The molecule has 0 saturated heterocycles. The number of methoxy groups -OCH3 is 1. The number of rotatable bonds is 6. The summed E-state index contributed by atoms with van der Waals surface area (Å²) >= 11 is 0. The van der Waals surface area contributed by atoms with E-state index < -0.39 is 33.1 Å². The predicted molar refractivity (Wildman–Crippen MR) is 89.5 cm³/mol. The summed E-state index contributed by atoms with van der Waals surface area (Å²) in [6.07, 6.45) is -5.00. The lowest BCUT2D eigenvalue weighted by Gasteiger charge is -2.26. The Labute approximate surface area is 150 Å². The number of alkyl halides is 3. The highest BCUT2D eigenvalue weighted by molar-refractivity contribution is 7.89. The van der Waals surface area contributed by atoms with Crippen molar-refractivity contribution in [2.75, 3.05) is 14.2 Å². The van der Waals surface area contributed by atoms with E-state index in [1.54, 1.807) is 31.2 Å². The van der Waals surface area contributed by atoms with Crippen molar-refractivity contribution in [2.45, 2.75) is 24.2 Å². The maximum Gasteiger partial charge on any atom is 0.573 e. The number of nitrogens with zero attached hydrogens (tertiary/aromatic N) is 1. The van der Waals surface area contributed by atoms with Crippen molar-refractivity contribution in [3.63, 3.8) is 0 Å². The summed E-state index contributed by atoms with van der Waals surface area (Å²) in [6.45, 7) is 1.61. The maximum atomic E-state index is 12.9. The monoisotopic (exact) mass is 389 g/mol. The molecule has 0 aliphatic heterocycles. The second-order valence-corrected chi connectivity index (χ2v) is 7.40. The average molecular weight is 389 g/mol. The van der Waals surface area contributed by atoms with Crippen LogP contribution in [0, 0.1) is 0 Å². The lowest BCUT2D eigenvalue weighted by Crippen LogP contribution is -2.31.